The Bertz CT molecular complexity index is 803. The van der Waals surface area contributed by atoms with Crippen LogP contribution >= 0.6 is 11.3 Å². The van der Waals surface area contributed by atoms with Crippen molar-refractivity contribution in [2.24, 2.45) is 0 Å². The number of carbonyl (C=O) groups is 1. The van der Waals surface area contributed by atoms with Crippen LogP contribution in [0.3, 0.4) is 0 Å². The van der Waals surface area contributed by atoms with Gasteiger partial charge in [0.2, 0.25) is 5.91 Å². The zero-order chi connectivity index (χ0) is 16.8. The smallest absolute Gasteiger partial charge is 0.220 e. The average molecular weight is 341 g/mol. The highest BCUT2D eigenvalue weighted by atomic mass is 32.1. The standard InChI is InChI=1S/C18H16FN3OS/c19-14-6-4-13(5-7-14)11-21-17(23)9-8-15-12-24-18(22-15)16-3-1-2-10-20-16/h1-7,10,12H,8-9,11H2,(H,21,23). The molecular formula is C18H16FN3OS. The third-order valence-corrected chi connectivity index (χ3v) is 4.36. The summed E-state index contributed by atoms with van der Waals surface area (Å²) in [6.45, 7) is 0.398. The van der Waals surface area contributed by atoms with Gasteiger partial charge >= 0.3 is 0 Å². The van der Waals surface area contributed by atoms with Crippen molar-refractivity contribution in [3.05, 3.63) is 71.1 Å². The fourth-order valence-electron chi connectivity index (χ4n) is 2.16. The molecule has 1 aromatic carbocycles. The Morgan fingerprint density at radius 1 is 1.17 bits per heavy atom. The maximum atomic E-state index is 12.8. The number of carbonyl (C=O) groups excluding carboxylic acids is 1. The van der Waals surface area contributed by atoms with E-state index < -0.39 is 0 Å². The molecule has 0 bridgehead atoms. The van der Waals surface area contributed by atoms with E-state index in [1.54, 1.807) is 18.3 Å². The summed E-state index contributed by atoms with van der Waals surface area (Å²) in [5, 5.41) is 5.64. The fourth-order valence-corrected chi connectivity index (χ4v) is 2.99. The molecule has 0 saturated heterocycles. The second-order valence-electron chi connectivity index (χ2n) is 5.26. The van der Waals surface area contributed by atoms with Crippen LogP contribution in [0, 0.1) is 5.82 Å². The van der Waals surface area contributed by atoms with Crippen molar-refractivity contribution >= 4 is 17.2 Å². The summed E-state index contributed by atoms with van der Waals surface area (Å²) in [6.07, 6.45) is 2.68. The molecular weight excluding hydrogens is 325 g/mol. The Labute approximate surface area is 143 Å². The molecule has 3 rings (SSSR count). The molecule has 0 unspecified atom stereocenters. The summed E-state index contributed by atoms with van der Waals surface area (Å²) in [4.78, 5) is 20.7. The largest absolute Gasteiger partial charge is 0.352 e. The number of nitrogens with zero attached hydrogens (tertiary/aromatic N) is 2. The minimum Gasteiger partial charge on any atom is -0.352 e. The van der Waals surface area contributed by atoms with E-state index in [1.807, 2.05) is 23.6 Å². The number of aromatic nitrogens is 2. The van der Waals surface area contributed by atoms with E-state index in [9.17, 15) is 9.18 Å². The molecule has 0 spiro atoms. The summed E-state index contributed by atoms with van der Waals surface area (Å²) in [6, 6.07) is 11.8. The average Bonchev–Trinajstić information content (AvgIpc) is 3.09. The van der Waals surface area contributed by atoms with Crippen molar-refractivity contribution < 1.29 is 9.18 Å². The summed E-state index contributed by atoms with van der Waals surface area (Å²) in [5.41, 5.74) is 2.60. The van der Waals surface area contributed by atoms with E-state index in [2.05, 4.69) is 15.3 Å². The molecule has 0 saturated carbocycles. The zero-order valence-corrected chi connectivity index (χ0v) is 13.7. The number of benzene rings is 1. The van der Waals surface area contributed by atoms with Crippen molar-refractivity contribution in [1.29, 1.82) is 0 Å². The quantitative estimate of drug-likeness (QED) is 0.745. The summed E-state index contributed by atoms with van der Waals surface area (Å²) in [7, 11) is 0. The number of amides is 1. The van der Waals surface area contributed by atoms with Crippen LogP contribution < -0.4 is 5.32 Å². The molecule has 4 nitrogen and oxygen atoms in total. The van der Waals surface area contributed by atoms with Crippen molar-refractivity contribution in [2.45, 2.75) is 19.4 Å². The number of thiazole rings is 1. The fraction of sp³-hybridized carbons (Fsp3) is 0.167. The molecule has 3 aromatic rings. The van der Waals surface area contributed by atoms with Crippen LogP contribution in [-0.4, -0.2) is 15.9 Å². The number of halogens is 1. The van der Waals surface area contributed by atoms with Crippen LogP contribution in [0.1, 0.15) is 17.7 Å². The summed E-state index contributed by atoms with van der Waals surface area (Å²) < 4.78 is 12.8. The van der Waals surface area contributed by atoms with Gasteiger partial charge in [-0.15, -0.1) is 11.3 Å². The van der Waals surface area contributed by atoms with E-state index >= 15 is 0 Å². The number of hydrogen-bond donors (Lipinski definition) is 1. The predicted octanol–water partition coefficient (Wildman–Crippen LogP) is 3.59. The Balaban J connectivity index is 1.48. The highest BCUT2D eigenvalue weighted by Crippen LogP contribution is 2.21. The van der Waals surface area contributed by atoms with Gasteiger partial charge in [0.05, 0.1) is 11.4 Å². The van der Waals surface area contributed by atoms with Crippen molar-refractivity contribution in [1.82, 2.24) is 15.3 Å². The molecule has 2 aromatic heterocycles. The first-order valence-corrected chi connectivity index (χ1v) is 8.45. The second kappa shape index (κ2) is 7.79. The number of hydrogen-bond acceptors (Lipinski definition) is 4. The van der Waals surface area contributed by atoms with E-state index in [4.69, 9.17) is 0 Å². The van der Waals surface area contributed by atoms with Crippen molar-refractivity contribution in [3.8, 4) is 10.7 Å². The first-order chi connectivity index (χ1) is 11.7. The molecule has 0 aliphatic heterocycles. The Morgan fingerprint density at radius 3 is 2.75 bits per heavy atom. The number of rotatable bonds is 6. The van der Waals surface area contributed by atoms with Crippen LogP contribution in [0.15, 0.2) is 54.0 Å². The minimum absolute atomic E-state index is 0.0493. The van der Waals surface area contributed by atoms with Gasteiger partial charge in [0.25, 0.3) is 0 Å². The lowest BCUT2D eigenvalue weighted by molar-refractivity contribution is -0.121. The normalized spacial score (nSPS) is 10.5. The van der Waals surface area contributed by atoms with Gasteiger partial charge in [0.1, 0.15) is 10.8 Å². The molecule has 1 N–H and O–H groups in total. The lowest BCUT2D eigenvalue weighted by Crippen LogP contribution is -2.23. The van der Waals surface area contributed by atoms with Crippen LogP contribution in [-0.2, 0) is 17.8 Å². The predicted molar refractivity (Wildman–Crippen MR) is 91.9 cm³/mol. The molecule has 122 valence electrons. The monoisotopic (exact) mass is 341 g/mol. The van der Waals surface area contributed by atoms with Crippen molar-refractivity contribution in [2.75, 3.05) is 0 Å². The molecule has 0 aliphatic carbocycles. The van der Waals surface area contributed by atoms with E-state index in [-0.39, 0.29) is 11.7 Å². The minimum atomic E-state index is -0.280. The van der Waals surface area contributed by atoms with E-state index in [0.29, 0.717) is 19.4 Å². The molecule has 1 amide bonds. The van der Waals surface area contributed by atoms with Crippen LogP contribution in [0.2, 0.25) is 0 Å². The van der Waals surface area contributed by atoms with Crippen LogP contribution in [0.25, 0.3) is 10.7 Å². The molecule has 0 atom stereocenters. The van der Waals surface area contributed by atoms with Gasteiger partial charge in [-0.3, -0.25) is 9.78 Å². The van der Waals surface area contributed by atoms with Crippen LogP contribution in [0.5, 0.6) is 0 Å². The second-order valence-corrected chi connectivity index (χ2v) is 6.12. The highest BCUT2D eigenvalue weighted by molar-refractivity contribution is 7.13. The third-order valence-electron chi connectivity index (χ3n) is 3.45. The molecule has 24 heavy (non-hydrogen) atoms. The number of nitrogens with one attached hydrogen (secondary N) is 1. The molecule has 0 fully saturated rings. The first kappa shape index (κ1) is 16.3. The van der Waals surface area contributed by atoms with Gasteiger partial charge in [-0.1, -0.05) is 18.2 Å². The maximum Gasteiger partial charge on any atom is 0.220 e. The summed E-state index contributed by atoms with van der Waals surface area (Å²) in [5.74, 6) is -0.330. The lowest BCUT2D eigenvalue weighted by Gasteiger charge is -2.04. The van der Waals surface area contributed by atoms with Gasteiger partial charge in [-0.25, -0.2) is 9.37 Å². The van der Waals surface area contributed by atoms with E-state index in [1.165, 1.54) is 23.5 Å². The van der Waals surface area contributed by atoms with Gasteiger partial charge < -0.3 is 5.32 Å². The SMILES string of the molecule is O=C(CCc1csc(-c2ccccn2)n1)NCc1ccc(F)cc1. The molecule has 2 heterocycles. The van der Waals surface area contributed by atoms with Gasteiger partial charge in [0, 0.05) is 24.5 Å². The molecule has 0 radical (unpaired) electrons. The first-order valence-electron chi connectivity index (χ1n) is 7.57. The van der Waals surface area contributed by atoms with Gasteiger partial charge in [-0.2, -0.15) is 0 Å². The van der Waals surface area contributed by atoms with Crippen LogP contribution in [0.4, 0.5) is 4.39 Å². The maximum absolute atomic E-state index is 12.8. The Hall–Kier alpha value is -2.60. The zero-order valence-electron chi connectivity index (χ0n) is 12.9. The Kier molecular flexibility index (Phi) is 5.28. The Morgan fingerprint density at radius 2 is 2.00 bits per heavy atom. The molecule has 0 aliphatic rings. The van der Waals surface area contributed by atoms with Crippen molar-refractivity contribution in [3.63, 3.8) is 0 Å². The third kappa shape index (κ3) is 4.45. The lowest BCUT2D eigenvalue weighted by atomic mass is 10.2. The van der Waals surface area contributed by atoms with Gasteiger partial charge in [0.15, 0.2) is 0 Å². The van der Waals surface area contributed by atoms with E-state index in [0.717, 1.165) is 22.0 Å². The number of pyridine rings is 1. The molecule has 6 heteroatoms. The highest BCUT2D eigenvalue weighted by Gasteiger charge is 2.08. The van der Waals surface area contributed by atoms with Gasteiger partial charge in [-0.05, 0) is 36.2 Å². The topological polar surface area (TPSA) is 54.9 Å². The number of aryl methyl sites for hydroxylation is 1. The summed E-state index contributed by atoms with van der Waals surface area (Å²) >= 11 is 1.53.